The molecule has 1 saturated heterocycles. The molecule has 2 amide bonds. The van der Waals surface area contributed by atoms with Crippen LogP contribution in [-0.4, -0.2) is 75.5 Å². The first-order valence-corrected chi connectivity index (χ1v) is 9.82. The third-order valence-electron chi connectivity index (χ3n) is 3.70. The van der Waals surface area contributed by atoms with Crippen molar-refractivity contribution >= 4 is 35.1 Å². The smallest absolute Gasteiger partial charge is 0.409 e. The number of H-pyrrole nitrogens is 1. The second kappa shape index (κ2) is 8.34. The van der Waals surface area contributed by atoms with Gasteiger partial charge in [0.15, 0.2) is 5.82 Å². The summed E-state index contributed by atoms with van der Waals surface area (Å²) >= 11 is 2.89. The molecular formula is C15H19N5O3S2. The van der Waals surface area contributed by atoms with Crippen LogP contribution < -0.4 is 0 Å². The quantitative estimate of drug-likeness (QED) is 0.796. The molecule has 134 valence electrons. The fourth-order valence-electron chi connectivity index (χ4n) is 2.41. The van der Waals surface area contributed by atoms with Crippen LogP contribution in [0.5, 0.6) is 0 Å². The van der Waals surface area contributed by atoms with Crippen LogP contribution in [-0.2, 0) is 9.53 Å². The molecule has 2 aromatic rings. The van der Waals surface area contributed by atoms with Gasteiger partial charge in [-0.2, -0.15) is 0 Å². The van der Waals surface area contributed by atoms with Gasteiger partial charge in [-0.25, -0.2) is 9.78 Å². The van der Waals surface area contributed by atoms with Gasteiger partial charge in [0.05, 0.1) is 17.2 Å². The van der Waals surface area contributed by atoms with Crippen molar-refractivity contribution < 1.29 is 14.3 Å². The first-order chi connectivity index (χ1) is 12.2. The average molecular weight is 381 g/mol. The Hall–Kier alpha value is -2.07. The van der Waals surface area contributed by atoms with Gasteiger partial charge in [0.2, 0.25) is 11.1 Å². The summed E-state index contributed by atoms with van der Waals surface area (Å²) in [6.07, 6.45) is -0.314. The molecule has 1 aliphatic heterocycles. The van der Waals surface area contributed by atoms with E-state index in [-0.39, 0.29) is 17.8 Å². The van der Waals surface area contributed by atoms with Gasteiger partial charge in [-0.05, 0) is 18.4 Å². The molecule has 0 atom stereocenters. The molecule has 3 heterocycles. The van der Waals surface area contributed by atoms with E-state index in [9.17, 15) is 9.59 Å². The minimum absolute atomic E-state index is 0.0241. The van der Waals surface area contributed by atoms with Gasteiger partial charge in [0, 0.05) is 26.2 Å². The number of hydrogen-bond acceptors (Lipinski definition) is 7. The summed E-state index contributed by atoms with van der Waals surface area (Å²) in [7, 11) is 0. The minimum atomic E-state index is -0.314. The lowest BCUT2D eigenvalue weighted by molar-refractivity contribution is -0.129. The van der Waals surface area contributed by atoms with Crippen LogP contribution in [0.4, 0.5) is 4.79 Å². The molecule has 3 rings (SSSR count). The fraction of sp³-hybridized carbons (Fsp3) is 0.467. The van der Waals surface area contributed by atoms with Gasteiger partial charge in [-0.15, -0.1) is 16.4 Å². The zero-order valence-corrected chi connectivity index (χ0v) is 15.4. The van der Waals surface area contributed by atoms with Gasteiger partial charge < -0.3 is 14.5 Å². The van der Waals surface area contributed by atoms with Crippen molar-refractivity contribution in [1.82, 2.24) is 25.0 Å². The predicted molar refractivity (Wildman–Crippen MR) is 95.6 cm³/mol. The number of carbonyl (C=O) groups excluding carboxylic acids is 2. The van der Waals surface area contributed by atoms with Gasteiger partial charge in [0.1, 0.15) is 0 Å². The highest BCUT2D eigenvalue weighted by molar-refractivity contribution is 7.99. The van der Waals surface area contributed by atoms with Crippen LogP contribution in [0, 0.1) is 0 Å². The molecule has 1 aliphatic rings. The number of aromatic amines is 1. The summed E-state index contributed by atoms with van der Waals surface area (Å²) in [6.45, 7) is 4.18. The molecule has 0 bridgehead atoms. The van der Waals surface area contributed by atoms with Crippen LogP contribution >= 0.6 is 23.1 Å². The Morgan fingerprint density at radius 3 is 2.76 bits per heavy atom. The van der Waals surface area contributed by atoms with Gasteiger partial charge in [-0.3, -0.25) is 9.89 Å². The monoisotopic (exact) mass is 381 g/mol. The Bertz CT molecular complexity index is 711. The van der Waals surface area contributed by atoms with Crippen molar-refractivity contribution in [1.29, 1.82) is 0 Å². The SMILES string of the molecule is CCOC(=O)N1CCN(C(=O)CSc2n[nH]c(-c3cccs3)n2)CC1. The molecular weight excluding hydrogens is 362 g/mol. The fourth-order valence-corrected chi connectivity index (χ4v) is 3.77. The van der Waals surface area contributed by atoms with Crippen LogP contribution in [0.2, 0.25) is 0 Å². The Balaban J connectivity index is 1.45. The molecule has 0 saturated carbocycles. The largest absolute Gasteiger partial charge is 0.450 e. The van der Waals surface area contributed by atoms with Crippen LogP contribution in [0.25, 0.3) is 10.7 Å². The molecule has 0 unspecified atom stereocenters. The van der Waals surface area contributed by atoms with Crippen molar-refractivity contribution in [2.45, 2.75) is 12.1 Å². The van der Waals surface area contributed by atoms with Gasteiger partial charge >= 0.3 is 6.09 Å². The molecule has 0 aliphatic carbocycles. The van der Waals surface area contributed by atoms with E-state index in [0.717, 1.165) is 4.88 Å². The topological polar surface area (TPSA) is 91.4 Å². The predicted octanol–water partition coefficient (Wildman–Crippen LogP) is 1.93. The standard InChI is InChI=1S/C15H19N5O3S2/c1-2-23-15(22)20-7-5-19(6-8-20)12(21)10-25-14-16-13(17-18-14)11-4-3-9-24-11/h3-4,9H,2,5-8,10H2,1H3,(H,16,17,18). The Kier molecular flexibility index (Phi) is 5.92. The van der Waals surface area contributed by atoms with Crippen LogP contribution in [0.1, 0.15) is 6.92 Å². The highest BCUT2D eigenvalue weighted by atomic mass is 32.2. The lowest BCUT2D eigenvalue weighted by Crippen LogP contribution is -2.51. The zero-order valence-electron chi connectivity index (χ0n) is 13.8. The van der Waals surface area contributed by atoms with E-state index in [1.807, 2.05) is 17.5 Å². The number of thioether (sulfide) groups is 1. The number of ether oxygens (including phenoxy) is 1. The Morgan fingerprint density at radius 2 is 2.08 bits per heavy atom. The highest BCUT2D eigenvalue weighted by Crippen LogP contribution is 2.23. The number of nitrogens with one attached hydrogen (secondary N) is 1. The molecule has 8 nitrogen and oxygen atoms in total. The number of carbonyl (C=O) groups is 2. The molecule has 10 heteroatoms. The Labute approximate surface area is 153 Å². The highest BCUT2D eigenvalue weighted by Gasteiger charge is 2.25. The number of piperazine rings is 1. The minimum Gasteiger partial charge on any atom is -0.450 e. The van der Waals surface area contributed by atoms with Crippen molar-refractivity contribution in [3.05, 3.63) is 17.5 Å². The molecule has 1 fully saturated rings. The summed E-state index contributed by atoms with van der Waals surface area (Å²) in [4.78, 5) is 32.8. The summed E-state index contributed by atoms with van der Waals surface area (Å²) in [5, 5.41) is 9.56. The first-order valence-electron chi connectivity index (χ1n) is 7.96. The first kappa shape index (κ1) is 17.7. The van der Waals surface area contributed by atoms with Gasteiger partial charge in [-0.1, -0.05) is 17.8 Å². The van der Waals surface area contributed by atoms with Crippen molar-refractivity contribution in [3.8, 4) is 10.7 Å². The maximum Gasteiger partial charge on any atom is 0.409 e. The average Bonchev–Trinajstić information content (AvgIpc) is 3.31. The van der Waals surface area contributed by atoms with Crippen LogP contribution in [0.15, 0.2) is 22.7 Å². The van der Waals surface area contributed by atoms with E-state index in [1.54, 1.807) is 28.1 Å². The molecule has 0 aromatic carbocycles. The number of rotatable bonds is 5. The van der Waals surface area contributed by atoms with Crippen molar-refractivity contribution in [2.24, 2.45) is 0 Å². The number of thiophene rings is 1. The lowest BCUT2D eigenvalue weighted by atomic mass is 10.3. The van der Waals surface area contributed by atoms with E-state index >= 15 is 0 Å². The van der Waals surface area contributed by atoms with E-state index in [4.69, 9.17) is 4.74 Å². The second-order valence-electron chi connectivity index (χ2n) is 5.30. The maximum absolute atomic E-state index is 12.3. The van der Waals surface area contributed by atoms with E-state index in [0.29, 0.717) is 43.8 Å². The summed E-state index contributed by atoms with van der Waals surface area (Å²) < 4.78 is 4.98. The number of aromatic nitrogens is 3. The molecule has 2 aromatic heterocycles. The molecule has 25 heavy (non-hydrogen) atoms. The summed E-state index contributed by atoms with van der Waals surface area (Å²) in [5.74, 6) is 1.02. The molecule has 0 radical (unpaired) electrons. The van der Waals surface area contributed by atoms with E-state index in [2.05, 4.69) is 15.2 Å². The summed E-state index contributed by atoms with van der Waals surface area (Å²) in [5.41, 5.74) is 0. The maximum atomic E-state index is 12.3. The zero-order chi connectivity index (χ0) is 17.6. The Morgan fingerprint density at radius 1 is 1.32 bits per heavy atom. The van der Waals surface area contributed by atoms with Crippen molar-refractivity contribution in [3.63, 3.8) is 0 Å². The molecule has 1 N–H and O–H groups in total. The molecule has 0 spiro atoms. The number of amides is 2. The van der Waals surface area contributed by atoms with Crippen LogP contribution in [0.3, 0.4) is 0 Å². The number of hydrogen-bond donors (Lipinski definition) is 1. The lowest BCUT2D eigenvalue weighted by Gasteiger charge is -2.33. The van der Waals surface area contributed by atoms with Crippen molar-refractivity contribution in [2.75, 3.05) is 38.5 Å². The van der Waals surface area contributed by atoms with Gasteiger partial charge in [0.25, 0.3) is 0 Å². The van der Waals surface area contributed by atoms with E-state index < -0.39 is 0 Å². The summed E-state index contributed by atoms with van der Waals surface area (Å²) in [6, 6.07) is 3.92. The number of nitrogens with zero attached hydrogens (tertiary/aromatic N) is 4. The third-order valence-corrected chi connectivity index (χ3v) is 5.41. The normalized spacial score (nSPS) is 14.6. The third kappa shape index (κ3) is 4.51. The second-order valence-corrected chi connectivity index (χ2v) is 7.19. The van der Waals surface area contributed by atoms with E-state index in [1.165, 1.54) is 11.8 Å².